The molecule has 3 aliphatic rings. The van der Waals surface area contributed by atoms with Crippen LogP contribution in [0.15, 0.2) is 176 Å². The van der Waals surface area contributed by atoms with Crippen LogP contribution in [0.3, 0.4) is 0 Å². The van der Waals surface area contributed by atoms with Gasteiger partial charge in [-0.05, 0) is 69.6 Å². The molecular formula is C43H29BN2. The van der Waals surface area contributed by atoms with Crippen molar-refractivity contribution in [2.45, 2.75) is 5.41 Å². The SMILES string of the molecule is c1ccc(B2c3ccccc3N3c4ccccc4C4(c5ccccc5N(c5ccccc5)c5ccccc54)c4cccc2c43)cc1. The number of nitrogens with zero attached hydrogens (tertiary/aromatic N) is 2. The number of benzene rings is 7. The molecule has 0 N–H and O–H groups in total. The van der Waals surface area contributed by atoms with E-state index >= 15 is 0 Å². The Balaban J connectivity index is 1.37. The maximum atomic E-state index is 2.55. The topological polar surface area (TPSA) is 6.48 Å². The summed E-state index contributed by atoms with van der Waals surface area (Å²) < 4.78 is 0. The van der Waals surface area contributed by atoms with Crippen LogP contribution in [0, 0.1) is 0 Å². The second-order valence-corrected chi connectivity index (χ2v) is 12.5. The Morgan fingerprint density at radius 2 is 0.804 bits per heavy atom. The van der Waals surface area contributed by atoms with Gasteiger partial charge in [0.15, 0.2) is 0 Å². The van der Waals surface area contributed by atoms with E-state index in [4.69, 9.17) is 0 Å². The van der Waals surface area contributed by atoms with Crippen LogP contribution < -0.4 is 26.2 Å². The monoisotopic (exact) mass is 584 g/mol. The van der Waals surface area contributed by atoms with Crippen LogP contribution in [-0.2, 0) is 5.41 Å². The van der Waals surface area contributed by atoms with Gasteiger partial charge in [-0.1, -0.05) is 145 Å². The summed E-state index contributed by atoms with van der Waals surface area (Å²) in [5.74, 6) is 0. The zero-order valence-electron chi connectivity index (χ0n) is 25.2. The number of hydrogen-bond donors (Lipinski definition) is 0. The highest BCUT2D eigenvalue weighted by molar-refractivity contribution is 6.98. The van der Waals surface area contributed by atoms with E-state index in [0.29, 0.717) is 0 Å². The fourth-order valence-corrected chi connectivity index (χ4v) is 8.64. The van der Waals surface area contributed by atoms with Gasteiger partial charge in [-0.25, -0.2) is 0 Å². The molecule has 3 aliphatic heterocycles. The molecule has 2 nitrogen and oxygen atoms in total. The van der Waals surface area contributed by atoms with Crippen molar-refractivity contribution in [3.8, 4) is 0 Å². The molecule has 0 unspecified atom stereocenters. The van der Waals surface area contributed by atoms with Crippen LogP contribution in [0.2, 0.25) is 0 Å². The van der Waals surface area contributed by atoms with Crippen LogP contribution in [0.25, 0.3) is 0 Å². The van der Waals surface area contributed by atoms with Gasteiger partial charge in [0.25, 0.3) is 0 Å². The van der Waals surface area contributed by atoms with Gasteiger partial charge >= 0.3 is 0 Å². The van der Waals surface area contributed by atoms with Crippen molar-refractivity contribution in [3.63, 3.8) is 0 Å². The molecule has 1 spiro atoms. The summed E-state index contributed by atoms with van der Waals surface area (Å²) in [5.41, 5.74) is 16.1. The molecule has 0 atom stereocenters. The van der Waals surface area contributed by atoms with Gasteiger partial charge in [0.1, 0.15) is 0 Å². The summed E-state index contributed by atoms with van der Waals surface area (Å²) in [4.78, 5) is 5.00. The molecule has 0 radical (unpaired) electrons. The predicted molar refractivity (Wildman–Crippen MR) is 192 cm³/mol. The Morgan fingerprint density at radius 3 is 1.43 bits per heavy atom. The Hall–Kier alpha value is -5.80. The normalized spacial score (nSPS) is 14.6. The first kappa shape index (κ1) is 25.5. The van der Waals surface area contributed by atoms with Crippen molar-refractivity contribution >= 4 is 57.2 Å². The molecular weight excluding hydrogens is 555 g/mol. The van der Waals surface area contributed by atoms with Gasteiger partial charge in [-0.15, -0.1) is 0 Å². The smallest absolute Gasteiger partial charge is 0.246 e. The van der Waals surface area contributed by atoms with E-state index < -0.39 is 5.41 Å². The molecule has 0 saturated heterocycles. The molecule has 0 amide bonds. The van der Waals surface area contributed by atoms with Crippen molar-refractivity contribution in [3.05, 3.63) is 198 Å². The molecule has 0 aromatic heterocycles. The molecule has 7 aromatic rings. The number of fused-ring (bicyclic) bond motifs is 10. The number of hydrogen-bond acceptors (Lipinski definition) is 2. The van der Waals surface area contributed by atoms with Gasteiger partial charge in [0.05, 0.1) is 22.5 Å². The second kappa shape index (κ2) is 9.60. The number of anilines is 6. The lowest BCUT2D eigenvalue weighted by Gasteiger charge is -2.53. The highest BCUT2D eigenvalue weighted by Gasteiger charge is 2.53. The van der Waals surface area contributed by atoms with E-state index in [9.17, 15) is 0 Å². The summed E-state index contributed by atoms with van der Waals surface area (Å²) >= 11 is 0. The minimum atomic E-state index is -0.523. The van der Waals surface area contributed by atoms with Gasteiger partial charge in [0.2, 0.25) is 6.71 Å². The number of para-hydroxylation sites is 6. The molecule has 3 heteroatoms. The third kappa shape index (κ3) is 3.22. The summed E-state index contributed by atoms with van der Waals surface area (Å²) in [6.45, 7) is 0.126. The molecule has 7 aromatic carbocycles. The van der Waals surface area contributed by atoms with Crippen molar-refractivity contribution < 1.29 is 0 Å². The van der Waals surface area contributed by atoms with Gasteiger partial charge in [0, 0.05) is 17.1 Å². The van der Waals surface area contributed by atoms with Gasteiger partial charge < -0.3 is 9.80 Å². The fraction of sp³-hybridized carbons (Fsp3) is 0.0233. The van der Waals surface area contributed by atoms with Gasteiger partial charge in [-0.2, -0.15) is 0 Å². The Bertz CT molecular complexity index is 2230. The van der Waals surface area contributed by atoms with E-state index in [2.05, 4.69) is 186 Å². The maximum absolute atomic E-state index is 2.55. The minimum absolute atomic E-state index is 0.126. The van der Waals surface area contributed by atoms with Crippen molar-refractivity contribution in [1.29, 1.82) is 0 Å². The molecule has 3 heterocycles. The van der Waals surface area contributed by atoms with Crippen molar-refractivity contribution in [1.82, 2.24) is 0 Å². The molecule has 10 rings (SSSR count). The van der Waals surface area contributed by atoms with E-state index in [-0.39, 0.29) is 6.71 Å². The highest BCUT2D eigenvalue weighted by atomic mass is 15.2. The van der Waals surface area contributed by atoms with Crippen LogP contribution in [0.4, 0.5) is 34.1 Å². The molecule has 0 aliphatic carbocycles. The predicted octanol–water partition coefficient (Wildman–Crippen LogP) is 8.47. The fourth-order valence-electron chi connectivity index (χ4n) is 8.64. The van der Waals surface area contributed by atoms with Crippen LogP contribution in [0.1, 0.15) is 22.3 Å². The Morgan fingerprint density at radius 1 is 0.348 bits per heavy atom. The van der Waals surface area contributed by atoms with E-state index in [1.807, 2.05) is 0 Å². The Kier molecular flexibility index (Phi) is 5.33. The molecule has 214 valence electrons. The lowest BCUT2D eigenvalue weighted by atomic mass is 9.34. The standard InChI is InChI=1S/C43H29BN2/c1-3-16-30(17-4-1)44-36-24-10-14-29-41(36)46-40-28-13-9-22-34(40)43(35-23-15-25-37(44)42(35)46)32-20-7-11-26-38(32)45(31-18-5-2-6-19-31)39-27-12-8-21-33(39)43/h1-29H. The zero-order valence-corrected chi connectivity index (χ0v) is 25.2. The lowest BCUT2D eigenvalue weighted by Crippen LogP contribution is -2.59. The van der Waals surface area contributed by atoms with Crippen molar-refractivity contribution in [2.24, 2.45) is 0 Å². The zero-order chi connectivity index (χ0) is 30.2. The third-order valence-corrected chi connectivity index (χ3v) is 10.3. The molecule has 0 bridgehead atoms. The lowest BCUT2D eigenvalue weighted by molar-refractivity contribution is 0.719. The average Bonchev–Trinajstić information content (AvgIpc) is 3.13. The first-order chi connectivity index (χ1) is 22.9. The highest BCUT2D eigenvalue weighted by Crippen LogP contribution is 2.63. The number of rotatable bonds is 2. The van der Waals surface area contributed by atoms with E-state index in [0.717, 1.165) is 5.69 Å². The van der Waals surface area contributed by atoms with Crippen LogP contribution in [-0.4, -0.2) is 6.71 Å². The Labute approximate surface area is 269 Å². The first-order valence-electron chi connectivity index (χ1n) is 16.1. The van der Waals surface area contributed by atoms with E-state index in [1.54, 1.807) is 0 Å². The summed E-state index contributed by atoms with van der Waals surface area (Å²) in [5, 5.41) is 0. The van der Waals surface area contributed by atoms with E-state index in [1.165, 1.54) is 67.1 Å². The quantitative estimate of drug-likeness (QED) is 0.188. The maximum Gasteiger partial charge on any atom is 0.246 e. The minimum Gasteiger partial charge on any atom is -0.311 e. The molecule has 46 heavy (non-hydrogen) atoms. The van der Waals surface area contributed by atoms with Gasteiger partial charge in [-0.3, -0.25) is 0 Å². The first-order valence-corrected chi connectivity index (χ1v) is 16.1. The second-order valence-electron chi connectivity index (χ2n) is 12.5. The summed E-state index contributed by atoms with van der Waals surface area (Å²) in [7, 11) is 0. The molecule has 0 saturated carbocycles. The summed E-state index contributed by atoms with van der Waals surface area (Å²) in [6.07, 6.45) is 0. The van der Waals surface area contributed by atoms with Crippen LogP contribution in [0.5, 0.6) is 0 Å². The third-order valence-electron chi connectivity index (χ3n) is 10.3. The average molecular weight is 585 g/mol. The van der Waals surface area contributed by atoms with Crippen molar-refractivity contribution in [2.75, 3.05) is 9.80 Å². The summed E-state index contributed by atoms with van der Waals surface area (Å²) in [6, 6.07) is 65.1. The van der Waals surface area contributed by atoms with Crippen LogP contribution >= 0.6 is 0 Å². The largest absolute Gasteiger partial charge is 0.311 e. The molecule has 0 fully saturated rings.